The fourth-order valence-corrected chi connectivity index (χ4v) is 2.95. The molecule has 0 saturated heterocycles. The number of carbonyl (C=O) groups excluding carboxylic acids is 2. The van der Waals surface area contributed by atoms with Crippen LogP contribution in [0.4, 0.5) is 0 Å². The molecule has 0 spiro atoms. The lowest BCUT2D eigenvalue weighted by atomic mass is 10.0. The number of ketones is 1. The van der Waals surface area contributed by atoms with Crippen molar-refractivity contribution in [1.29, 1.82) is 0 Å². The molecule has 0 fully saturated rings. The van der Waals surface area contributed by atoms with Gasteiger partial charge in [-0.25, -0.2) is 0 Å². The van der Waals surface area contributed by atoms with Crippen LogP contribution in [0, 0.1) is 0 Å². The SMILES string of the molecule is O=C(CCC(=O)c1ccc2ccccc2c1)NCCc1ccc(Cl)cc1. The lowest BCUT2D eigenvalue weighted by Crippen LogP contribution is -2.26. The predicted molar refractivity (Wildman–Crippen MR) is 106 cm³/mol. The molecule has 3 rings (SSSR count). The van der Waals surface area contributed by atoms with Gasteiger partial charge in [0.25, 0.3) is 0 Å². The van der Waals surface area contributed by atoms with Gasteiger partial charge in [-0.1, -0.05) is 60.1 Å². The van der Waals surface area contributed by atoms with E-state index in [0.29, 0.717) is 17.1 Å². The Kier molecular flexibility index (Phi) is 6.03. The Bertz CT molecular complexity index is 919. The van der Waals surface area contributed by atoms with Crippen LogP contribution in [0.3, 0.4) is 0 Å². The van der Waals surface area contributed by atoms with Gasteiger partial charge in [-0.05, 0) is 41.0 Å². The lowest BCUT2D eigenvalue weighted by Gasteiger charge is -2.06. The van der Waals surface area contributed by atoms with Crippen LogP contribution < -0.4 is 5.32 Å². The summed E-state index contributed by atoms with van der Waals surface area (Å²) in [6.07, 6.45) is 1.15. The van der Waals surface area contributed by atoms with Crippen LogP contribution >= 0.6 is 11.6 Å². The molecule has 0 aliphatic heterocycles. The molecule has 0 unspecified atom stereocenters. The minimum atomic E-state index is -0.104. The number of fused-ring (bicyclic) bond motifs is 1. The van der Waals surface area contributed by atoms with Crippen molar-refractivity contribution < 1.29 is 9.59 Å². The van der Waals surface area contributed by atoms with Gasteiger partial charge in [-0.2, -0.15) is 0 Å². The van der Waals surface area contributed by atoms with Crippen LogP contribution in [0.25, 0.3) is 10.8 Å². The monoisotopic (exact) mass is 365 g/mol. The quantitative estimate of drug-likeness (QED) is 0.610. The average Bonchev–Trinajstić information content (AvgIpc) is 2.67. The first-order valence-corrected chi connectivity index (χ1v) is 9.03. The summed E-state index contributed by atoms with van der Waals surface area (Å²) in [7, 11) is 0. The van der Waals surface area contributed by atoms with E-state index in [1.165, 1.54) is 0 Å². The lowest BCUT2D eigenvalue weighted by molar-refractivity contribution is -0.121. The van der Waals surface area contributed by atoms with E-state index < -0.39 is 0 Å². The molecule has 0 atom stereocenters. The van der Waals surface area contributed by atoms with Gasteiger partial charge in [-0.15, -0.1) is 0 Å². The van der Waals surface area contributed by atoms with E-state index in [1.807, 2.05) is 66.7 Å². The second-order valence-electron chi connectivity index (χ2n) is 6.21. The zero-order valence-electron chi connectivity index (χ0n) is 14.4. The summed E-state index contributed by atoms with van der Waals surface area (Å²) < 4.78 is 0. The van der Waals surface area contributed by atoms with Gasteiger partial charge in [-0.3, -0.25) is 9.59 Å². The summed E-state index contributed by atoms with van der Waals surface area (Å²) >= 11 is 5.85. The highest BCUT2D eigenvalue weighted by molar-refractivity contribution is 6.30. The van der Waals surface area contributed by atoms with E-state index in [-0.39, 0.29) is 24.5 Å². The smallest absolute Gasteiger partial charge is 0.220 e. The van der Waals surface area contributed by atoms with Gasteiger partial charge < -0.3 is 5.32 Å². The predicted octanol–water partition coefficient (Wildman–Crippen LogP) is 4.82. The highest BCUT2D eigenvalue weighted by Crippen LogP contribution is 2.17. The maximum atomic E-state index is 12.3. The highest BCUT2D eigenvalue weighted by Gasteiger charge is 2.10. The molecule has 132 valence electrons. The Morgan fingerprint density at radius 1 is 0.846 bits per heavy atom. The van der Waals surface area contributed by atoms with E-state index >= 15 is 0 Å². The number of nitrogens with one attached hydrogen (secondary N) is 1. The number of Topliss-reactive ketones (excluding diaryl/α,β-unsaturated/α-hetero) is 1. The van der Waals surface area contributed by atoms with Crippen LogP contribution in [0.5, 0.6) is 0 Å². The van der Waals surface area contributed by atoms with Crippen molar-refractivity contribution in [3.8, 4) is 0 Å². The van der Waals surface area contributed by atoms with Crippen LogP contribution in [0.2, 0.25) is 5.02 Å². The number of hydrogen-bond donors (Lipinski definition) is 1. The van der Waals surface area contributed by atoms with Gasteiger partial charge in [0.1, 0.15) is 0 Å². The first-order chi connectivity index (χ1) is 12.6. The number of benzene rings is 3. The molecule has 3 nitrogen and oxygen atoms in total. The fraction of sp³-hybridized carbons (Fsp3) is 0.182. The molecular formula is C22H20ClNO2. The zero-order valence-corrected chi connectivity index (χ0v) is 15.1. The summed E-state index contributed by atoms with van der Waals surface area (Å²) in [6, 6.07) is 21.1. The number of amides is 1. The molecule has 0 radical (unpaired) electrons. The van der Waals surface area contributed by atoms with E-state index in [4.69, 9.17) is 11.6 Å². The van der Waals surface area contributed by atoms with E-state index in [9.17, 15) is 9.59 Å². The Balaban J connectivity index is 1.45. The summed E-state index contributed by atoms with van der Waals surface area (Å²) in [5.41, 5.74) is 1.76. The van der Waals surface area contributed by atoms with Crippen LogP contribution in [-0.2, 0) is 11.2 Å². The van der Waals surface area contributed by atoms with E-state index in [0.717, 1.165) is 22.8 Å². The maximum absolute atomic E-state index is 12.3. The minimum absolute atomic E-state index is 0.0106. The van der Waals surface area contributed by atoms with Crippen molar-refractivity contribution in [2.75, 3.05) is 6.54 Å². The van der Waals surface area contributed by atoms with Crippen molar-refractivity contribution in [3.05, 3.63) is 82.9 Å². The Morgan fingerprint density at radius 3 is 2.35 bits per heavy atom. The third kappa shape index (κ3) is 4.93. The largest absolute Gasteiger partial charge is 0.356 e. The third-order valence-corrected chi connectivity index (χ3v) is 4.55. The van der Waals surface area contributed by atoms with Gasteiger partial charge in [0.2, 0.25) is 5.91 Å². The Labute approximate surface area is 158 Å². The minimum Gasteiger partial charge on any atom is -0.356 e. The second-order valence-corrected chi connectivity index (χ2v) is 6.65. The van der Waals surface area contributed by atoms with Gasteiger partial charge in [0, 0.05) is 30.0 Å². The zero-order chi connectivity index (χ0) is 18.4. The van der Waals surface area contributed by atoms with E-state index in [2.05, 4.69) is 5.32 Å². The molecular weight excluding hydrogens is 346 g/mol. The topological polar surface area (TPSA) is 46.2 Å². The molecule has 0 aliphatic carbocycles. The molecule has 3 aromatic carbocycles. The van der Waals surface area contributed by atoms with Crippen molar-refractivity contribution in [2.24, 2.45) is 0 Å². The van der Waals surface area contributed by atoms with Gasteiger partial charge in [0.05, 0.1) is 0 Å². The molecule has 1 N–H and O–H groups in total. The molecule has 26 heavy (non-hydrogen) atoms. The summed E-state index contributed by atoms with van der Waals surface area (Å²) in [6.45, 7) is 0.546. The fourth-order valence-electron chi connectivity index (χ4n) is 2.82. The molecule has 0 heterocycles. The molecule has 0 aromatic heterocycles. The van der Waals surface area contributed by atoms with Crippen LogP contribution in [0.1, 0.15) is 28.8 Å². The summed E-state index contributed by atoms with van der Waals surface area (Å²) in [5, 5.41) is 5.69. The normalized spacial score (nSPS) is 10.7. The number of carbonyl (C=O) groups is 2. The first kappa shape index (κ1) is 18.2. The standard InChI is InChI=1S/C22H20ClNO2/c23-20-9-5-16(6-10-20)13-14-24-22(26)12-11-21(25)19-8-7-17-3-1-2-4-18(17)15-19/h1-10,15H,11-14H2,(H,24,26). The number of rotatable bonds is 7. The van der Waals surface area contributed by atoms with Crippen molar-refractivity contribution in [1.82, 2.24) is 5.32 Å². The summed E-state index contributed by atoms with van der Waals surface area (Å²) in [5.74, 6) is -0.114. The molecule has 0 aliphatic rings. The molecule has 0 bridgehead atoms. The molecule has 4 heteroatoms. The van der Waals surface area contributed by atoms with Crippen LogP contribution in [-0.4, -0.2) is 18.2 Å². The molecule has 0 saturated carbocycles. The second kappa shape index (κ2) is 8.63. The van der Waals surface area contributed by atoms with Crippen molar-refractivity contribution in [2.45, 2.75) is 19.3 Å². The summed E-state index contributed by atoms with van der Waals surface area (Å²) in [4.78, 5) is 24.3. The first-order valence-electron chi connectivity index (χ1n) is 8.65. The maximum Gasteiger partial charge on any atom is 0.220 e. The number of hydrogen-bond acceptors (Lipinski definition) is 2. The molecule has 1 amide bonds. The Morgan fingerprint density at radius 2 is 1.58 bits per heavy atom. The van der Waals surface area contributed by atoms with Gasteiger partial charge in [0.15, 0.2) is 5.78 Å². The van der Waals surface area contributed by atoms with Crippen LogP contribution in [0.15, 0.2) is 66.7 Å². The highest BCUT2D eigenvalue weighted by atomic mass is 35.5. The average molecular weight is 366 g/mol. The van der Waals surface area contributed by atoms with Crippen molar-refractivity contribution >= 4 is 34.1 Å². The Hall–Kier alpha value is -2.65. The van der Waals surface area contributed by atoms with Crippen molar-refractivity contribution in [3.63, 3.8) is 0 Å². The van der Waals surface area contributed by atoms with Gasteiger partial charge >= 0.3 is 0 Å². The number of halogens is 1. The molecule has 3 aromatic rings. The van der Waals surface area contributed by atoms with E-state index in [1.54, 1.807) is 0 Å². The third-order valence-electron chi connectivity index (χ3n) is 4.30.